The predicted molar refractivity (Wildman–Crippen MR) is 119 cm³/mol. The molecule has 0 spiro atoms. The average Bonchev–Trinajstić information content (AvgIpc) is 2.70. The van der Waals surface area contributed by atoms with E-state index in [-0.39, 0.29) is 18.3 Å². The zero-order valence-electron chi connectivity index (χ0n) is 17.2. The Morgan fingerprint density at radius 3 is 2.43 bits per heavy atom. The molecule has 1 aliphatic rings. The van der Waals surface area contributed by atoms with Crippen LogP contribution < -0.4 is 11.1 Å². The fourth-order valence-corrected chi connectivity index (χ4v) is 4.19. The Morgan fingerprint density at radius 2 is 1.77 bits per heavy atom. The number of unbranched alkanes of at least 4 members (excludes halogenated alkanes) is 1. The summed E-state index contributed by atoms with van der Waals surface area (Å²) < 4.78 is 0. The van der Waals surface area contributed by atoms with E-state index < -0.39 is 18.6 Å². The summed E-state index contributed by atoms with van der Waals surface area (Å²) in [5.74, 6) is -1.03. The van der Waals surface area contributed by atoms with E-state index in [0.29, 0.717) is 19.3 Å². The van der Waals surface area contributed by atoms with Crippen LogP contribution >= 0.6 is 0 Å². The summed E-state index contributed by atoms with van der Waals surface area (Å²) in [5, 5.41) is 31.0. The molecule has 2 aromatic carbocycles. The van der Waals surface area contributed by atoms with E-state index in [2.05, 4.69) is 41.7 Å². The van der Waals surface area contributed by atoms with Crippen LogP contribution in [0.25, 0.3) is 11.1 Å². The van der Waals surface area contributed by atoms with Gasteiger partial charge in [-0.2, -0.15) is 0 Å². The van der Waals surface area contributed by atoms with Gasteiger partial charge in [-0.1, -0.05) is 61.4 Å². The Hall–Kier alpha value is -2.19. The SMILES string of the molecule is NC(CCCCB(O)O)(C(=O)O)C1CC(NCc2cccc(-c3ccccc3)c2)C1. The van der Waals surface area contributed by atoms with Gasteiger partial charge in [0.25, 0.3) is 0 Å². The molecule has 0 amide bonds. The zero-order valence-corrected chi connectivity index (χ0v) is 17.2. The molecule has 0 bridgehead atoms. The lowest BCUT2D eigenvalue weighted by molar-refractivity contribution is -0.148. The molecule has 6 N–H and O–H groups in total. The van der Waals surface area contributed by atoms with Crippen molar-refractivity contribution < 1.29 is 19.9 Å². The largest absolute Gasteiger partial charge is 0.480 e. The highest BCUT2D eigenvalue weighted by Gasteiger charge is 2.48. The van der Waals surface area contributed by atoms with E-state index in [0.717, 1.165) is 19.4 Å². The molecular weight excluding hydrogens is 379 g/mol. The van der Waals surface area contributed by atoms with Gasteiger partial charge in [0, 0.05) is 12.6 Å². The van der Waals surface area contributed by atoms with Gasteiger partial charge in [-0.3, -0.25) is 4.79 Å². The molecule has 1 unspecified atom stereocenters. The topological polar surface area (TPSA) is 116 Å². The van der Waals surface area contributed by atoms with Crippen molar-refractivity contribution >= 4 is 13.1 Å². The van der Waals surface area contributed by atoms with Crippen molar-refractivity contribution in [1.82, 2.24) is 5.32 Å². The molecular formula is C23H31BN2O4. The van der Waals surface area contributed by atoms with Crippen molar-refractivity contribution in [3.8, 4) is 11.1 Å². The maximum absolute atomic E-state index is 11.8. The molecule has 0 radical (unpaired) electrons. The normalized spacial score (nSPS) is 20.2. The highest BCUT2D eigenvalue weighted by molar-refractivity contribution is 6.40. The maximum Gasteiger partial charge on any atom is 0.451 e. The van der Waals surface area contributed by atoms with Crippen molar-refractivity contribution in [3.63, 3.8) is 0 Å². The number of nitrogens with one attached hydrogen (secondary N) is 1. The number of carboxylic acid groups (broad SMARTS) is 1. The number of hydrogen-bond donors (Lipinski definition) is 5. The lowest BCUT2D eigenvalue weighted by Crippen LogP contribution is -2.61. The van der Waals surface area contributed by atoms with Crippen LogP contribution in [-0.2, 0) is 11.3 Å². The van der Waals surface area contributed by atoms with Gasteiger partial charge in [0.2, 0.25) is 0 Å². The molecule has 3 rings (SSSR count). The summed E-state index contributed by atoms with van der Waals surface area (Å²) >= 11 is 0. The number of aliphatic carboxylic acids is 1. The van der Waals surface area contributed by atoms with Crippen molar-refractivity contribution in [2.24, 2.45) is 11.7 Å². The molecule has 1 fully saturated rings. The van der Waals surface area contributed by atoms with E-state index in [1.54, 1.807) is 0 Å². The van der Waals surface area contributed by atoms with Gasteiger partial charge in [-0.05, 0) is 54.3 Å². The number of benzene rings is 2. The minimum absolute atomic E-state index is 0.0674. The molecule has 1 atom stereocenters. The van der Waals surface area contributed by atoms with Crippen LogP contribution in [0.4, 0.5) is 0 Å². The molecule has 0 aromatic heterocycles. The lowest BCUT2D eigenvalue weighted by atomic mass is 9.66. The molecule has 0 heterocycles. The van der Waals surface area contributed by atoms with Gasteiger partial charge in [0.05, 0.1) is 0 Å². The fraction of sp³-hybridized carbons (Fsp3) is 0.435. The Kier molecular flexibility index (Phi) is 7.66. The Morgan fingerprint density at radius 1 is 1.07 bits per heavy atom. The molecule has 6 nitrogen and oxygen atoms in total. The van der Waals surface area contributed by atoms with Crippen LogP contribution in [-0.4, -0.2) is 39.8 Å². The van der Waals surface area contributed by atoms with Gasteiger partial charge in [-0.25, -0.2) is 0 Å². The predicted octanol–water partition coefficient (Wildman–Crippen LogP) is 2.65. The second-order valence-electron chi connectivity index (χ2n) is 8.38. The first kappa shape index (κ1) is 22.5. The van der Waals surface area contributed by atoms with E-state index in [1.165, 1.54) is 16.7 Å². The zero-order chi connectivity index (χ0) is 21.6. The van der Waals surface area contributed by atoms with Crippen LogP contribution in [0.2, 0.25) is 6.32 Å². The molecule has 7 heteroatoms. The van der Waals surface area contributed by atoms with Crippen molar-refractivity contribution in [1.29, 1.82) is 0 Å². The van der Waals surface area contributed by atoms with Crippen LogP contribution in [0.15, 0.2) is 54.6 Å². The first-order chi connectivity index (χ1) is 14.4. The number of nitrogens with two attached hydrogens (primary N) is 1. The molecule has 0 saturated heterocycles. The molecule has 1 saturated carbocycles. The van der Waals surface area contributed by atoms with Crippen LogP contribution in [0.5, 0.6) is 0 Å². The Balaban J connectivity index is 1.48. The minimum Gasteiger partial charge on any atom is -0.480 e. The Labute approximate surface area is 178 Å². The molecule has 1 aliphatic carbocycles. The third-order valence-electron chi connectivity index (χ3n) is 6.20. The smallest absolute Gasteiger partial charge is 0.451 e. The summed E-state index contributed by atoms with van der Waals surface area (Å²) in [7, 11) is -1.35. The van der Waals surface area contributed by atoms with Gasteiger partial charge >= 0.3 is 13.1 Å². The fourth-order valence-electron chi connectivity index (χ4n) is 4.19. The summed E-state index contributed by atoms with van der Waals surface area (Å²) in [5.41, 5.74) is 8.58. The molecule has 160 valence electrons. The second kappa shape index (κ2) is 10.2. The molecule has 0 aliphatic heterocycles. The van der Waals surface area contributed by atoms with E-state index in [1.807, 2.05) is 18.2 Å². The molecule has 30 heavy (non-hydrogen) atoms. The number of hydrogen-bond acceptors (Lipinski definition) is 5. The monoisotopic (exact) mass is 410 g/mol. The van der Waals surface area contributed by atoms with Crippen molar-refractivity contribution in [2.45, 2.75) is 56.5 Å². The maximum atomic E-state index is 11.8. The highest BCUT2D eigenvalue weighted by Crippen LogP contribution is 2.38. The van der Waals surface area contributed by atoms with Gasteiger partial charge in [0.15, 0.2) is 0 Å². The van der Waals surface area contributed by atoms with Crippen LogP contribution in [0, 0.1) is 5.92 Å². The second-order valence-corrected chi connectivity index (χ2v) is 8.38. The number of carboxylic acids is 1. The third kappa shape index (κ3) is 5.70. The quantitative estimate of drug-likeness (QED) is 0.287. The average molecular weight is 410 g/mol. The first-order valence-corrected chi connectivity index (χ1v) is 10.6. The third-order valence-corrected chi connectivity index (χ3v) is 6.20. The van der Waals surface area contributed by atoms with Gasteiger partial charge < -0.3 is 26.2 Å². The van der Waals surface area contributed by atoms with E-state index in [4.69, 9.17) is 15.8 Å². The van der Waals surface area contributed by atoms with Crippen LogP contribution in [0.1, 0.15) is 37.7 Å². The highest BCUT2D eigenvalue weighted by atomic mass is 16.4. The van der Waals surface area contributed by atoms with E-state index in [9.17, 15) is 9.90 Å². The van der Waals surface area contributed by atoms with Crippen LogP contribution in [0.3, 0.4) is 0 Å². The lowest BCUT2D eigenvalue weighted by Gasteiger charge is -2.45. The van der Waals surface area contributed by atoms with E-state index >= 15 is 0 Å². The summed E-state index contributed by atoms with van der Waals surface area (Å²) in [6.45, 7) is 0.733. The Bertz CT molecular complexity index is 827. The van der Waals surface area contributed by atoms with Gasteiger partial charge in [0.1, 0.15) is 5.54 Å². The summed E-state index contributed by atoms with van der Waals surface area (Å²) in [6.07, 6.45) is 3.20. The summed E-state index contributed by atoms with van der Waals surface area (Å²) in [4.78, 5) is 11.8. The standard InChI is InChI=1S/C23H31BN2O4/c25-23(22(27)28,11-4-5-12-24(29)30)20-14-21(15-20)26-16-17-7-6-10-19(13-17)18-8-2-1-3-9-18/h1-3,6-10,13,20-21,26,29-30H,4-5,11-12,14-16,25H2,(H,27,28). The van der Waals surface area contributed by atoms with Crippen molar-refractivity contribution in [2.75, 3.05) is 0 Å². The number of rotatable bonds is 11. The van der Waals surface area contributed by atoms with Gasteiger partial charge in [-0.15, -0.1) is 0 Å². The minimum atomic E-state index is -1.35. The number of carbonyl (C=O) groups is 1. The van der Waals surface area contributed by atoms with Crippen molar-refractivity contribution in [3.05, 3.63) is 60.2 Å². The first-order valence-electron chi connectivity index (χ1n) is 10.6. The summed E-state index contributed by atoms with van der Waals surface area (Å²) in [6, 6.07) is 18.9. The molecule has 2 aromatic rings.